The molecule has 19 nitrogen and oxygen atoms in total. The van der Waals surface area contributed by atoms with Gasteiger partial charge in [0.2, 0.25) is 39.6 Å². The van der Waals surface area contributed by atoms with Gasteiger partial charge in [0.05, 0.1) is 42.6 Å². The highest BCUT2D eigenvalue weighted by Gasteiger charge is 2.44. The fourth-order valence-electron chi connectivity index (χ4n) is 8.92. The van der Waals surface area contributed by atoms with Gasteiger partial charge in [-0.05, 0) is 93.8 Å². The minimum Gasteiger partial charge on any atom is -0.385 e. The maximum Gasteiger partial charge on any atom is 0.262 e. The van der Waals surface area contributed by atoms with Gasteiger partial charge in [0.15, 0.2) is 0 Å². The summed E-state index contributed by atoms with van der Waals surface area (Å²) in [5, 5.41) is 21.2. The van der Waals surface area contributed by atoms with Crippen molar-refractivity contribution < 1.29 is 42.0 Å². The first-order chi connectivity index (χ1) is 30.6. The Morgan fingerprint density at radius 3 is 2.47 bits per heavy atom. The zero-order valence-electron chi connectivity index (χ0n) is 36.2. The molecule has 0 spiro atoms. The van der Waals surface area contributed by atoms with Crippen LogP contribution in [0.25, 0.3) is 0 Å². The highest BCUT2D eigenvalue weighted by Crippen LogP contribution is 2.34. The van der Waals surface area contributed by atoms with Crippen molar-refractivity contribution in [1.82, 2.24) is 46.0 Å². The summed E-state index contributed by atoms with van der Waals surface area (Å²) < 4.78 is 24.8. The van der Waals surface area contributed by atoms with Gasteiger partial charge in [0.1, 0.15) is 11.5 Å². The van der Waals surface area contributed by atoms with E-state index in [-0.39, 0.29) is 79.0 Å². The lowest BCUT2D eigenvalue weighted by Crippen LogP contribution is -2.54. The molecule has 346 valence electrons. The molecular formula is C43H58N10O9S2. The number of fused-ring (bicyclic) bond motifs is 1. The van der Waals surface area contributed by atoms with Crippen LogP contribution in [0.15, 0.2) is 42.5 Å². The van der Waals surface area contributed by atoms with Crippen molar-refractivity contribution in [2.45, 2.75) is 81.0 Å². The van der Waals surface area contributed by atoms with E-state index >= 15 is 0 Å². The Labute approximate surface area is 377 Å². The van der Waals surface area contributed by atoms with E-state index in [0.29, 0.717) is 37.7 Å². The maximum atomic E-state index is 13.1. The van der Waals surface area contributed by atoms with E-state index in [4.69, 9.17) is 0 Å². The third kappa shape index (κ3) is 11.7. The summed E-state index contributed by atoms with van der Waals surface area (Å²) in [6.07, 6.45) is 6.04. The third-order valence-corrected chi connectivity index (χ3v) is 14.9. The lowest BCUT2D eigenvalue weighted by Gasteiger charge is -2.36. The number of anilines is 1. The van der Waals surface area contributed by atoms with Gasteiger partial charge in [-0.3, -0.25) is 54.0 Å². The minimum absolute atomic E-state index is 0.0248. The van der Waals surface area contributed by atoms with Gasteiger partial charge in [-0.25, -0.2) is 12.7 Å². The molecule has 0 aromatic heterocycles. The van der Waals surface area contributed by atoms with E-state index in [9.17, 15) is 42.0 Å². The van der Waals surface area contributed by atoms with Crippen LogP contribution < -0.4 is 37.2 Å². The first-order valence-electron chi connectivity index (χ1n) is 21.9. The average Bonchev–Trinajstić information content (AvgIpc) is 4.02. The Balaban J connectivity index is 0.772. The van der Waals surface area contributed by atoms with Gasteiger partial charge < -0.3 is 26.6 Å². The second-order valence-corrected chi connectivity index (χ2v) is 20.3. The van der Waals surface area contributed by atoms with Crippen molar-refractivity contribution in [1.29, 1.82) is 0 Å². The van der Waals surface area contributed by atoms with Crippen molar-refractivity contribution in [3.63, 3.8) is 0 Å². The number of rotatable bonds is 18. The molecule has 7 rings (SSSR count). The number of carbonyl (C=O) groups is 7. The lowest BCUT2D eigenvalue weighted by atomic mass is 9.87. The van der Waals surface area contributed by atoms with Gasteiger partial charge in [-0.1, -0.05) is 24.3 Å². The van der Waals surface area contributed by atoms with E-state index in [0.717, 1.165) is 61.1 Å². The number of likely N-dealkylation sites (N-methyl/N-ethyl adjacent to an activating group) is 1. The van der Waals surface area contributed by atoms with Crippen LogP contribution in [0.3, 0.4) is 0 Å². The van der Waals surface area contributed by atoms with Crippen LogP contribution in [0.5, 0.6) is 0 Å². The lowest BCUT2D eigenvalue weighted by molar-refractivity contribution is -0.136. The third-order valence-electron chi connectivity index (χ3n) is 12.5. The zero-order chi connectivity index (χ0) is 45.5. The summed E-state index contributed by atoms with van der Waals surface area (Å²) in [6.45, 7) is 2.49. The number of sulfonamides is 1. The van der Waals surface area contributed by atoms with Crippen LogP contribution in [0, 0.1) is 5.92 Å². The van der Waals surface area contributed by atoms with Gasteiger partial charge in [-0.2, -0.15) is 0 Å². The van der Waals surface area contributed by atoms with Gasteiger partial charge in [0, 0.05) is 50.1 Å². The molecule has 21 heteroatoms. The quantitative estimate of drug-likeness (QED) is 0.0790. The molecule has 7 amide bonds. The largest absolute Gasteiger partial charge is 0.385 e. The topological polar surface area (TPSA) is 248 Å². The highest BCUT2D eigenvalue weighted by atomic mass is 32.2. The molecule has 5 aliphatic rings. The molecule has 0 saturated carbocycles. The Morgan fingerprint density at radius 1 is 0.906 bits per heavy atom. The molecule has 5 heterocycles. The first-order valence-corrected chi connectivity index (χ1v) is 24.8. The predicted molar refractivity (Wildman–Crippen MR) is 239 cm³/mol. The Bertz CT molecular complexity index is 2250. The molecular weight excluding hydrogens is 865 g/mol. The molecule has 6 atom stereocenters. The fourth-order valence-corrected chi connectivity index (χ4v) is 11.0. The molecule has 5 aliphatic heterocycles. The number of amides is 7. The summed E-state index contributed by atoms with van der Waals surface area (Å²) >= 11 is 1.58. The average molecular weight is 923 g/mol. The van der Waals surface area contributed by atoms with Crippen LogP contribution in [0.1, 0.15) is 95.2 Å². The maximum absolute atomic E-state index is 13.1. The summed E-state index contributed by atoms with van der Waals surface area (Å²) in [7, 11) is -1.40. The Kier molecular flexibility index (Phi) is 15.4. The fraction of sp³-hybridized carbons (Fsp3) is 0.558. The van der Waals surface area contributed by atoms with Gasteiger partial charge in [-0.15, -0.1) is 11.8 Å². The molecule has 2 aromatic carbocycles. The molecule has 4 saturated heterocycles. The number of imide groups is 2. The first kappa shape index (κ1) is 47.0. The number of nitrogens with one attached hydrogen (secondary N) is 7. The van der Waals surface area contributed by atoms with Gasteiger partial charge >= 0.3 is 0 Å². The SMILES string of the molecule is CN(CC(=O)NCCCCCNc1ccc2c(c1)C(=O)N(C1CCC(=O)NC1=O)C2=O)C1CC(c2cccc(C3CSC(NC(=O)CNC(=O)C4CCN(S(C)(=O)=O)C4)N3)c2)CCN1. The number of unbranched alkanes of at least 4 members (excludes halogenated alkanes) is 2. The van der Waals surface area contributed by atoms with Crippen molar-refractivity contribution in [3.8, 4) is 0 Å². The highest BCUT2D eigenvalue weighted by molar-refractivity contribution is 8.00. The molecule has 2 aromatic rings. The number of benzene rings is 2. The second-order valence-electron chi connectivity index (χ2n) is 17.1. The van der Waals surface area contributed by atoms with Crippen LogP contribution in [-0.2, 0) is 34.0 Å². The van der Waals surface area contributed by atoms with E-state index in [1.165, 1.54) is 9.87 Å². The summed E-state index contributed by atoms with van der Waals surface area (Å²) in [4.78, 5) is 91.1. The molecule has 4 fully saturated rings. The molecule has 0 radical (unpaired) electrons. The van der Waals surface area contributed by atoms with Crippen LogP contribution >= 0.6 is 11.8 Å². The van der Waals surface area contributed by atoms with E-state index in [1.807, 2.05) is 7.05 Å². The number of hydrogen-bond donors (Lipinski definition) is 7. The summed E-state index contributed by atoms with van der Waals surface area (Å²) in [6, 6.07) is 12.5. The number of thioether (sulfide) groups is 1. The van der Waals surface area contributed by atoms with Crippen molar-refractivity contribution >= 4 is 68.8 Å². The number of piperidine rings is 2. The van der Waals surface area contributed by atoms with E-state index < -0.39 is 45.6 Å². The predicted octanol–water partition coefficient (Wildman–Crippen LogP) is 0.386. The van der Waals surface area contributed by atoms with Crippen LogP contribution in [-0.4, -0.2) is 146 Å². The van der Waals surface area contributed by atoms with Crippen molar-refractivity contribution in [2.75, 3.05) is 70.2 Å². The molecule has 7 N–H and O–H groups in total. The zero-order valence-corrected chi connectivity index (χ0v) is 37.8. The summed E-state index contributed by atoms with van der Waals surface area (Å²) in [5.41, 5.74) is 3.19. The Hall–Kier alpha value is -4.93. The second kappa shape index (κ2) is 20.9. The number of hydrogen-bond acceptors (Lipinski definition) is 14. The monoisotopic (exact) mass is 922 g/mol. The van der Waals surface area contributed by atoms with Crippen molar-refractivity contribution in [2.24, 2.45) is 5.92 Å². The van der Waals surface area contributed by atoms with Gasteiger partial charge in [0.25, 0.3) is 11.8 Å². The Morgan fingerprint density at radius 2 is 1.69 bits per heavy atom. The standard InChI is InChI=1S/C43H58N10O9S2/c1-51(24-38(56)46-16-5-3-4-15-44-30-9-10-31-32(21-30)42(60)53(41(31)59)34-11-12-36(54)49-40(34)58)35-20-27(13-17-45-35)26-7-6-8-28(19-26)33-25-63-43(48-33)50-37(55)22-47-39(57)29-14-18-52(23-29)64(2,61)62/h6-10,19,21,27,29,33-35,43-45,48H,3-5,11-18,20,22-25H2,1-2H3,(H,46,56)(H,47,57)(H,50,55)(H,49,54,58). The molecule has 6 unspecified atom stereocenters. The molecule has 0 bridgehead atoms. The number of nitrogens with zero attached hydrogens (tertiary/aromatic N) is 3. The molecule has 64 heavy (non-hydrogen) atoms. The minimum atomic E-state index is -3.36. The van der Waals surface area contributed by atoms with E-state index in [1.54, 1.807) is 30.0 Å². The van der Waals surface area contributed by atoms with E-state index in [2.05, 4.69) is 66.4 Å². The molecule has 0 aliphatic carbocycles. The van der Waals surface area contributed by atoms with Crippen LogP contribution in [0.2, 0.25) is 0 Å². The number of carbonyl (C=O) groups excluding carboxylic acids is 7. The van der Waals surface area contributed by atoms with Crippen LogP contribution in [0.4, 0.5) is 5.69 Å². The van der Waals surface area contributed by atoms with Crippen molar-refractivity contribution in [3.05, 3.63) is 64.7 Å². The smallest absolute Gasteiger partial charge is 0.262 e. The normalized spacial score (nSPS) is 25.0. The summed E-state index contributed by atoms with van der Waals surface area (Å²) in [5.74, 6) is -2.25.